The Morgan fingerprint density at radius 1 is 1.25 bits per heavy atom. The minimum Gasteiger partial charge on any atom is -0.327 e. The van der Waals surface area contributed by atoms with Gasteiger partial charge in [0.15, 0.2) is 0 Å². The van der Waals surface area contributed by atoms with E-state index < -0.39 is 0 Å². The molecule has 0 aliphatic heterocycles. The molecule has 1 unspecified atom stereocenters. The van der Waals surface area contributed by atoms with Gasteiger partial charge in [-0.15, -0.1) is 0 Å². The first kappa shape index (κ1) is 11.6. The fourth-order valence-corrected chi connectivity index (χ4v) is 2.46. The van der Waals surface area contributed by atoms with Crippen molar-refractivity contribution < 1.29 is 4.39 Å². The molecule has 1 aromatic rings. The summed E-state index contributed by atoms with van der Waals surface area (Å²) in [7, 11) is 0. The molecular weight excluding hydrogens is 201 g/mol. The van der Waals surface area contributed by atoms with E-state index in [4.69, 9.17) is 5.73 Å². The maximum atomic E-state index is 12.9. The Morgan fingerprint density at radius 3 is 2.25 bits per heavy atom. The van der Waals surface area contributed by atoms with Crippen molar-refractivity contribution in [2.24, 2.45) is 11.7 Å². The van der Waals surface area contributed by atoms with Gasteiger partial charge in [0, 0.05) is 11.5 Å². The molecule has 0 radical (unpaired) electrons. The van der Waals surface area contributed by atoms with Gasteiger partial charge in [-0.2, -0.15) is 0 Å². The van der Waals surface area contributed by atoms with Gasteiger partial charge in [-0.25, -0.2) is 4.39 Å². The summed E-state index contributed by atoms with van der Waals surface area (Å²) < 4.78 is 12.9. The summed E-state index contributed by atoms with van der Waals surface area (Å²) in [5.74, 6) is 0.455. The van der Waals surface area contributed by atoms with Crippen molar-refractivity contribution in [3.63, 3.8) is 0 Å². The van der Waals surface area contributed by atoms with Gasteiger partial charge in [0.1, 0.15) is 5.82 Å². The first-order valence-electron chi connectivity index (χ1n) is 6.03. The summed E-state index contributed by atoms with van der Waals surface area (Å²) in [5, 5.41) is 0. The molecule has 16 heavy (non-hydrogen) atoms. The standard InChI is InChI=1S/C14H20FN/c1-14(2,13(16)10-4-3-5-10)11-6-8-12(15)9-7-11/h6-10,13H,3-5,16H2,1-2H3. The molecule has 0 amide bonds. The molecule has 0 spiro atoms. The maximum Gasteiger partial charge on any atom is 0.123 e. The normalized spacial score (nSPS) is 19.2. The largest absolute Gasteiger partial charge is 0.327 e. The lowest BCUT2D eigenvalue weighted by Gasteiger charge is -2.41. The van der Waals surface area contributed by atoms with Gasteiger partial charge in [-0.1, -0.05) is 32.4 Å². The molecule has 2 rings (SSSR count). The smallest absolute Gasteiger partial charge is 0.123 e. The molecule has 2 heteroatoms. The fraction of sp³-hybridized carbons (Fsp3) is 0.571. The van der Waals surface area contributed by atoms with E-state index in [0.717, 1.165) is 5.56 Å². The average molecular weight is 221 g/mol. The Hall–Kier alpha value is -0.890. The molecule has 1 saturated carbocycles. The molecule has 0 aromatic heterocycles. The Balaban J connectivity index is 2.19. The predicted molar refractivity (Wildman–Crippen MR) is 64.7 cm³/mol. The quantitative estimate of drug-likeness (QED) is 0.833. The van der Waals surface area contributed by atoms with E-state index in [1.807, 2.05) is 12.1 Å². The molecule has 1 aromatic carbocycles. The van der Waals surface area contributed by atoms with Crippen LogP contribution in [0.2, 0.25) is 0 Å². The Bertz CT molecular complexity index is 352. The Morgan fingerprint density at radius 2 is 1.81 bits per heavy atom. The van der Waals surface area contributed by atoms with Crippen molar-refractivity contribution in [1.82, 2.24) is 0 Å². The molecule has 2 N–H and O–H groups in total. The maximum absolute atomic E-state index is 12.9. The Labute approximate surface area is 96.9 Å². The van der Waals surface area contributed by atoms with E-state index >= 15 is 0 Å². The minimum atomic E-state index is -0.184. The summed E-state index contributed by atoms with van der Waals surface area (Å²) >= 11 is 0. The van der Waals surface area contributed by atoms with Crippen LogP contribution in [0, 0.1) is 11.7 Å². The molecule has 0 saturated heterocycles. The van der Waals surface area contributed by atoms with Crippen molar-refractivity contribution in [2.45, 2.75) is 44.6 Å². The third kappa shape index (κ3) is 1.99. The summed E-state index contributed by atoms with van der Waals surface area (Å²) in [6, 6.07) is 6.92. The summed E-state index contributed by atoms with van der Waals surface area (Å²) in [6.45, 7) is 4.31. The number of nitrogens with two attached hydrogens (primary N) is 1. The van der Waals surface area contributed by atoms with Crippen LogP contribution >= 0.6 is 0 Å². The van der Waals surface area contributed by atoms with E-state index in [1.165, 1.54) is 31.4 Å². The zero-order valence-electron chi connectivity index (χ0n) is 10.0. The molecule has 1 nitrogen and oxygen atoms in total. The molecule has 88 valence electrons. The van der Waals surface area contributed by atoms with Crippen LogP contribution < -0.4 is 5.73 Å². The molecule has 1 aliphatic rings. The molecule has 1 atom stereocenters. The second-order valence-electron chi connectivity index (χ2n) is 5.45. The van der Waals surface area contributed by atoms with Gasteiger partial charge in [-0.05, 0) is 36.5 Å². The number of hydrogen-bond donors (Lipinski definition) is 1. The zero-order chi connectivity index (χ0) is 11.8. The number of benzene rings is 1. The van der Waals surface area contributed by atoms with Crippen molar-refractivity contribution in [1.29, 1.82) is 0 Å². The van der Waals surface area contributed by atoms with Crippen LogP contribution in [0.15, 0.2) is 24.3 Å². The van der Waals surface area contributed by atoms with Crippen LogP contribution in [0.4, 0.5) is 4.39 Å². The van der Waals surface area contributed by atoms with Gasteiger partial charge in [0.2, 0.25) is 0 Å². The van der Waals surface area contributed by atoms with Crippen molar-refractivity contribution in [3.05, 3.63) is 35.6 Å². The second kappa shape index (κ2) is 4.17. The summed E-state index contributed by atoms with van der Waals surface area (Å²) in [5.41, 5.74) is 7.40. The first-order valence-corrected chi connectivity index (χ1v) is 6.03. The third-order valence-electron chi connectivity index (χ3n) is 4.08. The van der Waals surface area contributed by atoms with Gasteiger partial charge >= 0.3 is 0 Å². The first-order chi connectivity index (χ1) is 7.51. The highest BCUT2D eigenvalue weighted by Gasteiger charge is 2.36. The number of halogens is 1. The minimum absolute atomic E-state index is 0.0706. The zero-order valence-corrected chi connectivity index (χ0v) is 10.0. The van der Waals surface area contributed by atoms with Crippen LogP contribution in [-0.4, -0.2) is 6.04 Å². The van der Waals surface area contributed by atoms with Crippen LogP contribution in [0.1, 0.15) is 38.7 Å². The lowest BCUT2D eigenvalue weighted by Crippen LogP contribution is -2.48. The topological polar surface area (TPSA) is 26.0 Å². The molecule has 0 heterocycles. The van der Waals surface area contributed by atoms with Gasteiger partial charge in [0.05, 0.1) is 0 Å². The van der Waals surface area contributed by atoms with Gasteiger partial charge in [0.25, 0.3) is 0 Å². The highest BCUT2D eigenvalue weighted by atomic mass is 19.1. The van der Waals surface area contributed by atoms with E-state index in [9.17, 15) is 4.39 Å². The highest BCUT2D eigenvalue weighted by molar-refractivity contribution is 5.26. The molecular formula is C14H20FN. The highest BCUT2D eigenvalue weighted by Crippen LogP contribution is 2.38. The van der Waals surface area contributed by atoms with Crippen molar-refractivity contribution >= 4 is 0 Å². The summed E-state index contributed by atoms with van der Waals surface area (Å²) in [4.78, 5) is 0. The van der Waals surface area contributed by atoms with Crippen LogP contribution in [0.25, 0.3) is 0 Å². The number of rotatable bonds is 3. The monoisotopic (exact) mass is 221 g/mol. The number of hydrogen-bond acceptors (Lipinski definition) is 1. The average Bonchev–Trinajstić information content (AvgIpc) is 2.15. The van der Waals surface area contributed by atoms with Crippen LogP contribution in [-0.2, 0) is 5.41 Å². The van der Waals surface area contributed by atoms with Crippen molar-refractivity contribution in [2.75, 3.05) is 0 Å². The third-order valence-corrected chi connectivity index (χ3v) is 4.08. The lowest BCUT2D eigenvalue weighted by molar-refractivity contribution is 0.199. The van der Waals surface area contributed by atoms with Gasteiger partial charge in [-0.3, -0.25) is 0 Å². The Kier molecular flexibility index (Phi) is 3.02. The van der Waals surface area contributed by atoms with E-state index in [0.29, 0.717) is 5.92 Å². The SMILES string of the molecule is CC(C)(c1ccc(F)cc1)C(N)C1CCC1. The van der Waals surface area contributed by atoms with E-state index in [1.54, 1.807) is 0 Å². The van der Waals surface area contributed by atoms with Crippen LogP contribution in [0.5, 0.6) is 0 Å². The molecule has 1 fully saturated rings. The second-order valence-corrected chi connectivity index (χ2v) is 5.45. The van der Waals surface area contributed by atoms with E-state index in [-0.39, 0.29) is 17.3 Å². The molecule has 0 bridgehead atoms. The van der Waals surface area contributed by atoms with Crippen LogP contribution in [0.3, 0.4) is 0 Å². The van der Waals surface area contributed by atoms with E-state index in [2.05, 4.69) is 13.8 Å². The lowest BCUT2D eigenvalue weighted by atomic mass is 9.67. The predicted octanol–water partition coefficient (Wildman–Crippen LogP) is 3.23. The van der Waals surface area contributed by atoms with Crippen molar-refractivity contribution in [3.8, 4) is 0 Å². The summed E-state index contributed by atoms with van der Waals surface area (Å²) in [6.07, 6.45) is 3.79. The molecule has 1 aliphatic carbocycles. The van der Waals surface area contributed by atoms with Gasteiger partial charge < -0.3 is 5.73 Å². The fourth-order valence-electron chi connectivity index (χ4n) is 2.46.